The molecule has 2 amide bonds. The van der Waals surface area contributed by atoms with Gasteiger partial charge in [0.05, 0.1) is 17.6 Å². The number of aromatic nitrogens is 2. The first-order chi connectivity index (χ1) is 14.0. The molecule has 6 nitrogen and oxygen atoms in total. The van der Waals surface area contributed by atoms with Crippen molar-refractivity contribution in [3.8, 4) is 11.4 Å². The summed E-state index contributed by atoms with van der Waals surface area (Å²) in [7, 11) is 0. The van der Waals surface area contributed by atoms with Gasteiger partial charge in [-0.2, -0.15) is 18.3 Å². The second kappa shape index (κ2) is 7.97. The Hall–Kier alpha value is -3.70. The van der Waals surface area contributed by atoms with E-state index in [1.54, 1.807) is 6.07 Å². The third-order valence-corrected chi connectivity index (χ3v) is 3.63. The monoisotopic (exact) mass is 430 g/mol. The van der Waals surface area contributed by atoms with Crippen molar-refractivity contribution in [1.29, 1.82) is 0 Å². The third-order valence-electron chi connectivity index (χ3n) is 3.63. The van der Waals surface area contributed by atoms with E-state index in [9.17, 15) is 31.1 Å². The summed E-state index contributed by atoms with van der Waals surface area (Å²) in [6.45, 7) is 0. The molecule has 3 aromatic rings. The lowest BCUT2D eigenvalue weighted by molar-refractivity contribution is -0.274. The molecular weight excluding hydrogens is 418 g/mol. The van der Waals surface area contributed by atoms with Crippen molar-refractivity contribution in [2.45, 2.75) is 12.5 Å². The lowest BCUT2D eigenvalue weighted by Crippen LogP contribution is -2.22. The van der Waals surface area contributed by atoms with Crippen molar-refractivity contribution < 1.29 is 35.9 Å². The average molecular weight is 430 g/mol. The summed E-state index contributed by atoms with van der Waals surface area (Å²) in [5, 5.41) is 7.95. The van der Waals surface area contributed by atoms with E-state index in [4.69, 9.17) is 0 Å². The number of carbonyl (C=O) groups excluding carboxylic acids is 1. The number of carbonyl (C=O) groups is 1. The minimum atomic E-state index is -4.88. The molecule has 1 heterocycles. The Balaban J connectivity index is 1.76. The highest BCUT2D eigenvalue weighted by atomic mass is 19.4. The number of ether oxygens (including phenoxy) is 1. The fourth-order valence-corrected chi connectivity index (χ4v) is 2.50. The first-order valence-electron chi connectivity index (χ1n) is 8.17. The van der Waals surface area contributed by atoms with Crippen LogP contribution in [0.5, 0.6) is 5.75 Å². The zero-order valence-corrected chi connectivity index (χ0v) is 14.8. The van der Waals surface area contributed by atoms with Crippen molar-refractivity contribution in [2.24, 2.45) is 0 Å². The van der Waals surface area contributed by atoms with Gasteiger partial charge >= 0.3 is 18.6 Å². The molecule has 158 valence electrons. The molecule has 0 radical (unpaired) electrons. The summed E-state index contributed by atoms with van der Waals surface area (Å²) < 4.78 is 81.4. The van der Waals surface area contributed by atoms with Crippen LogP contribution in [0.2, 0.25) is 0 Å². The minimum absolute atomic E-state index is 0.0334. The summed E-state index contributed by atoms with van der Waals surface area (Å²) in [6.07, 6.45) is -8.86. The van der Waals surface area contributed by atoms with Crippen molar-refractivity contribution in [3.05, 3.63) is 66.5 Å². The lowest BCUT2D eigenvalue weighted by atomic mass is 10.3. The molecule has 0 aliphatic rings. The number of urea groups is 1. The molecule has 0 bridgehead atoms. The molecule has 0 fully saturated rings. The SMILES string of the molecule is O=C(Nc1ccc(OC(F)(F)F)cc1)Nc1cnn(-c2ccccc2)c1C(F)(F)F. The van der Waals surface area contributed by atoms with Gasteiger partial charge in [-0.3, -0.25) is 0 Å². The maximum absolute atomic E-state index is 13.5. The number of benzene rings is 2. The molecule has 0 atom stereocenters. The van der Waals surface area contributed by atoms with E-state index in [1.807, 2.05) is 5.32 Å². The van der Waals surface area contributed by atoms with Crippen LogP contribution >= 0.6 is 0 Å². The Bertz CT molecular complexity index is 1010. The first kappa shape index (κ1) is 21.0. The fourth-order valence-electron chi connectivity index (χ4n) is 2.50. The molecule has 0 saturated heterocycles. The second-order valence-corrected chi connectivity index (χ2v) is 5.80. The van der Waals surface area contributed by atoms with Crippen LogP contribution in [0.15, 0.2) is 60.8 Å². The summed E-state index contributed by atoms with van der Waals surface area (Å²) in [6, 6.07) is 10.5. The van der Waals surface area contributed by atoms with Gasteiger partial charge in [-0.05, 0) is 36.4 Å². The Morgan fingerprint density at radius 2 is 1.53 bits per heavy atom. The standard InChI is InChI=1S/C18H12F6N4O2/c19-17(20,21)15-14(10-25-28(15)12-4-2-1-3-5-12)27-16(29)26-11-6-8-13(9-7-11)30-18(22,23)24/h1-10H,(H2,26,27,29). The van der Waals surface area contributed by atoms with Crippen LogP contribution in [0.1, 0.15) is 5.69 Å². The number of amides is 2. The van der Waals surface area contributed by atoms with Gasteiger partial charge in [0.15, 0.2) is 5.69 Å². The van der Waals surface area contributed by atoms with Crippen molar-refractivity contribution in [2.75, 3.05) is 10.6 Å². The second-order valence-electron chi connectivity index (χ2n) is 5.80. The number of rotatable bonds is 4. The molecular formula is C18H12F6N4O2. The third kappa shape index (κ3) is 5.21. The maximum atomic E-state index is 13.5. The molecule has 0 aliphatic heterocycles. The number of hydrogen-bond donors (Lipinski definition) is 2. The highest BCUT2D eigenvalue weighted by Crippen LogP contribution is 2.36. The summed E-state index contributed by atoms with van der Waals surface area (Å²) in [4.78, 5) is 12.1. The summed E-state index contributed by atoms with van der Waals surface area (Å²) in [5.41, 5.74) is -1.62. The number of para-hydroxylation sites is 1. The van der Waals surface area contributed by atoms with Gasteiger partial charge < -0.3 is 15.4 Å². The van der Waals surface area contributed by atoms with Crippen LogP contribution in [-0.4, -0.2) is 22.2 Å². The molecule has 2 aromatic carbocycles. The van der Waals surface area contributed by atoms with Crippen LogP contribution < -0.4 is 15.4 Å². The predicted octanol–water partition coefficient (Wildman–Crippen LogP) is 5.43. The number of halogens is 6. The van der Waals surface area contributed by atoms with Crippen molar-refractivity contribution in [1.82, 2.24) is 9.78 Å². The molecule has 1 aromatic heterocycles. The quantitative estimate of drug-likeness (QED) is 0.542. The molecule has 0 aliphatic carbocycles. The van der Waals surface area contributed by atoms with E-state index in [0.29, 0.717) is 4.68 Å². The van der Waals surface area contributed by atoms with E-state index >= 15 is 0 Å². The van der Waals surface area contributed by atoms with E-state index in [0.717, 1.165) is 30.5 Å². The number of anilines is 2. The van der Waals surface area contributed by atoms with E-state index in [2.05, 4.69) is 15.2 Å². The Morgan fingerprint density at radius 1 is 0.900 bits per heavy atom. The highest BCUT2D eigenvalue weighted by molar-refractivity contribution is 6.00. The first-order valence-corrected chi connectivity index (χ1v) is 8.17. The van der Waals surface area contributed by atoms with Crippen LogP contribution in [0.4, 0.5) is 42.5 Å². The number of nitrogens with zero attached hydrogens (tertiary/aromatic N) is 2. The molecule has 12 heteroatoms. The normalized spacial score (nSPS) is 11.8. The molecule has 30 heavy (non-hydrogen) atoms. The minimum Gasteiger partial charge on any atom is -0.406 e. The zero-order chi connectivity index (χ0) is 21.9. The van der Waals surface area contributed by atoms with E-state index < -0.39 is 35.7 Å². The topological polar surface area (TPSA) is 68.2 Å². The van der Waals surface area contributed by atoms with Crippen molar-refractivity contribution in [3.63, 3.8) is 0 Å². The molecule has 0 saturated carbocycles. The van der Waals surface area contributed by atoms with E-state index in [1.165, 1.54) is 24.3 Å². The number of alkyl halides is 6. The van der Waals surface area contributed by atoms with Crippen LogP contribution in [0.3, 0.4) is 0 Å². The van der Waals surface area contributed by atoms with Gasteiger partial charge in [0.25, 0.3) is 0 Å². The van der Waals surface area contributed by atoms with Gasteiger partial charge in [-0.1, -0.05) is 18.2 Å². The predicted molar refractivity (Wildman–Crippen MR) is 94.3 cm³/mol. The maximum Gasteiger partial charge on any atom is 0.573 e. The van der Waals surface area contributed by atoms with Crippen LogP contribution in [-0.2, 0) is 6.18 Å². The van der Waals surface area contributed by atoms with Gasteiger partial charge in [0, 0.05) is 5.69 Å². The van der Waals surface area contributed by atoms with Gasteiger partial charge in [0.2, 0.25) is 0 Å². The Kier molecular flexibility index (Phi) is 5.58. The molecule has 0 spiro atoms. The van der Waals surface area contributed by atoms with Gasteiger partial charge in [-0.15, -0.1) is 13.2 Å². The van der Waals surface area contributed by atoms with Crippen molar-refractivity contribution >= 4 is 17.4 Å². The smallest absolute Gasteiger partial charge is 0.406 e. The highest BCUT2D eigenvalue weighted by Gasteiger charge is 2.39. The number of hydrogen-bond acceptors (Lipinski definition) is 3. The average Bonchev–Trinajstić information content (AvgIpc) is 3.07. The Labute approximate surface area is 165 Å². The molecule has 0 unspecified atom stereocenters. The van der Waals surface area contributed by atoms with E-state index in [-0.39, 0.29) is 11.4 Å². The summed E-state index contributed by atoms with van der Waals surface area (Å²) >= 11 is 0. The summed E-state index contributed by atoms with van der Waals surface area (Å²) in [5.74, 6) is -0.517. The lowest BCUT2D eigenvalue weighted by Gasteiger charge is -2.14. The van der Waals surface area contributed by atoms with Crippen LogP contribution in [0.25, 0.3) is 5.69 Å². The zero-order valence-electron chi connectivity index (χ0n) is 14.8. The molecule has 3 rings (SSSR count). The van der Waals surface area contributed by atoms with Gasteiger partial charge in [-0.25, -0.2) is 9.48 Å². The molecule has 2 N–H and O–H groups in total. The number of nitrogens with one attached hydrogen (secondary N) is 2. The fraction of sp³-hybridized carbons (Fsp3) is 0.111. The Morgan fingerprint density at radius 3 is 2.10 bits per heavy atom. The van der Waals surface area contributed by atoms with Gasteiger partial charge in [0.1, 0.15) is 5.75 Å². The van der Waals surface area contributed by atoms with Crippen LogP contribution in [0, 0.1) is 0 Å². The largest absolute Gasteiger partial charge is 0.573 e.